The largest absolute Gasteiger partial charge is 0.471 e. The molecule has 1 saturated heterocycles. The van der Waals surface area contributed by atoms with E-state index in [1.165, 1.54) is 0 Å². The maximum Gasteiger partial charge on any atom is 0.245 e. The lowest BCUT2D eigenvalue weighted by Crippen LogP contribution is -2.40. The van der Waals surface area contributed by atoms with Gasteiger partial charge in [0.1, 0.15) is 18.3 Å². The highest BCUT2D eigenvalue weighted by Crippen LogP contribution is 2.30. The molecule has 0 spiro atoms. The third-order valence-electron chi connectivity index (χ3n) is 5.25. The fourth-order valence-electron chi connectivity index (χ4n) is 3.72. The van der Waals surface area contributed by atoms with Crippen LogP contribution in [0.15, 0.2) is 12.5 Å². The summed E-state index contributed by atoms with van der Waals surface area (Å²) < 4.78 is 10.0. The van der Waals surface area contributed by atoms with Crippen molar-refractivity contribution >= 4 is 11.2 Å². The van der Waals surface area contributed by atoms with Crippen molar-refractivity contribution in [2.24, 2.45) is 14.1 Å². The molecule has 8 heteroatoms. The lowest BCUT2D eigenvalue weighted by Gasteiger charge is -2.31. The number of rotatable bonds is 3. The number of aryl methyl sites for hydroxylation is 3. The van der Waals surface area contributed by atoms with Gasteiger partial charge >= 0.3 is 0 Å². The summed E-state index contributed by atoms with van der Waals surface area (Å²) in [5.41, 5.74) is 3.54. The first kappa shape index (κ1) is 17.9. The third-order valence-corrected chi connectivity index (χ3v) is 5.25. The van der Waals surface area contributed by atoms with Gasteiger partial charge in [0.05, 0.1) is 11.3 Å². The summed E-state index contributed by atoms with van der Waals surface area (Å²) in [4.78, 5) is 16.1. The van der Waals surface area contributed by atoms with Crippen LogP contribution in [0, 0.1) is 6.92 Å². The lowest BCUT2D eigenvalue weighted by atomic mass is 10.1. The second kappa shape index (κ2) is 6.30. The van der Waals surface area contributed by atoms with Gasteiger partial charge in [-0.1, -0.05) is 0 Å². The molecule has 0 bridgehead atoms. The van der Waals surface area contributed by atoms with E-state index >= 15 is 0 Å². The second-order valence-corrected chi connectivity index (χ2v) is 8.29. The maximum absolute atomic E-state index is 6.26. The highest BCUT2D eigenvalue weighted by atomic mass is 16.5. The molecule has 1 atom stereocenters. The van der Waals surface area contributed by atoms with Crippen molar-refractivity contribution in [3.8, 4) is 17.3 Å². The number of nitrogens with zero attached hydrogens (tertiary/aromatic N) is 7. The molecule has 3 aromatic heterocycles. The monoisotopic (exact) mass is 369 g/mol. The molecule has 27 heavy (non-hydrogen) atoms. The van der Waals surface area contributed by atoms with Gasteiger partial charge in [-0.05, 0) is 34.1 Å². The van der Waals surface area contributed by atoms with E-state index < -0.39 is 0 Å². The van der Waals surface area contributed by atoms with Crippen molar-refractivity contribution in [3.05, 3.63) is 18.2 Å². The predicted molar refractivity (Wildman–Crippen MR) is 104 cm³/mol. The van der Waals surface area contributed by atoms with Crippen LogP contribution in [-0.2, 0) is 14.1 Å². The molecule has 0 aromatic carbocycles. The zero-order valence-corrected chi connectivity index (χ0v) is 16.9. The van der Waals surface area contributed by atoms with Crippen LogP contribution >= 0.6 is 0 Å². The van der Waals surface area contributed by atoms with Gasteiger partial charge in [-0.3, -0.25) is 9.58 Å². The Bertz CT molecular complexity index is 982. The van der Waals surface area contributed by atoms with Gasteiger partial charge in [0.25, 0.3) is 0 Å². The smallest absolute Gasteiger partial charge is 0.245 e. The SMILES string of the molecule is Cc1nn(C)cc1-c1nc2c(OC3CCN(C(C)(C)C)C3)ncnc2n1C. The molecule has 0 amide bonds. The zero-order chi connectivity index (χ0) is 19.3. The number of hydrogen-bond acceptors (Lipinski definition) is 6. The molecular weight excluding hydrogens is 342 g/mol. The van der Waals surface area contributed by atoms with Crippen LogP contribution in [0.4, 0.5) is 0 Å². The highest BCUT2D eigenvalue weighted by molar-refractivity contribution is 5.81. The first-order chi connectivity index (χ1) is 12.7. The summed E-state index contributed by atoms with van der Waals surface area (Å²) in [5.74, 6) is 1.38. The summed E-state index contributed by atoms with van der Waals surface area (Å²) in [7, 11) is 3.87. The Morgan fingerprint density at radius 1 is 1.19 bits per heavy atom. The fourth-order valence-corrected chi connectivity index (χ4v) is 3.72. The standard InChI is InChI=1S/C19H27N7O/c1-12-14(10-24(5)23-12)16-22-15-17(25(16)6)20-11-21-18(15)27-13-7-8-26(9-13)19(2,3)4/h10-11,13H,7-9H2,1-6H3. The Morgan fingerprint density at radius 2 is 1.96 bits per heavy atom. The summed E-state index contributed by atoms with van der Waals surface area (Å²) in [5, 5.41) is 4.43. The molecule has 0 radical (unpaired) electrons. The van der Waals surface area contributed by atoms with Gasteiger partial charge in [-0.15, -0.1) is 0 Å². The van der Waals surface area contributed by atoms with Gasteiger partial charge < -0.3 is 9.30 Å². The fraction of sp³-hybridized carbons (Fsp3) is 0.579. The molecule has 4 heterocycles. The third kappa shape index (κ3) is 3.18. The average molecular weight is 369 g/mol. The molecule has 3 aromatic rings. The molecule has 1 fully saturated rings. The minimum atomic E-state index is 0.118. The number of likely N-dealkylation sites (tertiary alicyclic amines) is 1. The topological polar surface area (TPSA) is 73.9 Å². The van der Waals surface area contributed by atoms with Crippen molar-refractivity contribution in [3.63, 3.8) is 0 Å². The first-order valence-corrected chi connectivity index (χ1v) is 9.34. The Labute approximate surface area is 159 Å². The summed E-state index contributed by atoms with van der Waals surface area (Å²) >= 11 is 0. The Morgan fingerprint density at radius 3 is 2.59 bits per heavy atom. The van der Waals surface area contributed by atoms with Crippen LogP contribution < -0.4 is 4.74 Å². The van der Waals surface area contributed by atoms with E-state index in [1.54, 1.807) is 11.0 Å². The lowest BCUT2D eigenvalue weighted by molar-refractivity contribution is 0.139. The summed E-state index contributed by atoms with van der Waals surface area (Å²) in [6.07, 6.45) is 4.63. The van der Waals surface area contributed by atoms with Crippen molar-refractivity contribution in [1.29, 1.82) is 0 Å². The predicted octanol–water partition coefficient (Wildman–Crippen LogP) is 2.32. The van der Waals surface area contributed by atoms with Gasteiger partial charge in [-0.2, -0.15) is 10.1 Å². The Balaban J connectivity index is 1.67. The van der Waals surface area contributed by atoms with Crippen LogP contribution in [-0.4, -0.2) is 58.9 Å². The van der Waals surface area contributed by atoms with Crippen LogP contribution in [0.5, 0.6) is 5.88 Å². The number of fused-ring (bicyclic) bond motifs is 1. The molecule has 144 valence electrons. The summed E-state index contributed by atoms with van der Waals surface area (Å²) in [6.45, 7) is 10.6. The highest BCUT2D eigenvalue weighted by Gasteiger charge is 2.32. The van der Waals surface area contributed by atoms with E-state index in [0.29, 0.717) is 11.4 Å². The zero-order valence-electron chi connectivity index (χ0n) is 16.9. The molecule has 0 N–H and O–H groups in total. The van der Waals surface area contributed by atoms with Gasteiger partial charge in [0.2, 0.25) is 5.88 Å². The van der Waals surface area contributed by atoms with E-state index in [1.807, 2.05) is 31.8 Å². The molecule has 1 unspecified atom stereocenters. The van der Waals surface area contributed by atoms with Crippen LogP contribution in [0.2, 0.25) is 0 Å². The molecule has 0 aliphatic carbocycles. The minimum Gasteiger partial charge on any atom is -0.471 e. The second-order valence-electron chi connectivity index (χ2n) is 8.29. The number of hydrogen-bond donors (Lipinski definition) is 0. The van der Waals surface area contributed by atoms with E-state index in [4.69, 9.17) is 9.72 Å². The van der Waals surface area contributed by atoms with E-state index in [2.05, 4.69) is 40.7 Å². The van der Waals surface area contributed by atoms with Crippen molar-refractivity contribution in [2.45, 2.75) is 45.8 Å². The Kier molecular flexibility index (Phi) is 4.18. The average Bonchev–Trinajstić information content (AvgIpc) is 3.26. The molecule has 4 rings (SSSR count). The van der Waals surface area contributed by atoms with Gasteiger partial charge in [0.15, 0.2) is 11.2 Å². The summed E-state index contributed by atoms with van der Waals surface area (Å²) in [6, 6.07) is 0. The van der Waals surface area contributed by atoms with Crippen molar-refractivity contribution in [2.75, 3.05) is 13.1 Å². The van der Waals surface area contributed by atoms with E-state index in [0.717, 1.165) is 42.2 Å². The van der Waals surface area contributed by atoms with Crippen LogP contribution in [0.1, 0.15) is 32.9 Å². The van der Waals surface area contributed by atoms with Crippen LogP contribution in [0.3, 0.4) is 0 Å². The minimum absolute atomic E-state index is 0.118. The maximum atomic E-state index is 6.26. The molecular formula is C19H27N7O. The quantitative estimate of drug-likeness (QED) is 0.705. The Hall–Kier alpha value is -2.48. The van der Waals surface area contributed by atoms with Gasteiger partial charge in [-0.25, -0.2) is 9.97 Å². The number of aromatic nitrogens is 6. The van der Waals surface area contributed by atoms with Crippen LogP contribution in [0.25, 0.3) is 22.6 Å². The molecule has 0 saturated carbocycles. The normalized spacial score (nSPS) is 18.5. The first-order valence-electron chi connectivity index (χ1n) is 9.34. The molecule has 1 aliphatic rings. The van der Waals surface area contributed by atoms with Gasteiger partial charge in [0, 0.05) is 38.9 Å². The molecule has 1 aliphatic heterocycles. The molecule has 8 nitrogen and oxygen atoms in total. The van der Waals surface area contributed by atoms with E-state index in [9.17, 15) is 0 Å². The van der Waals surface area contributed by atoms with Crippen molar-refractivity contribution in [1.82, 2.24) is 34.2 Å². The number of imidazole rings is 1. The number of ether oxygens (including phenoxy) is 1. The van der Waals surface area contributed by atoms with E-state index in [-0.39, 0.29) is 11.6 Å². The van der Waals surface area contributed by atoms with Crippen molar-refractivity contribution < 1.29 is 4.74 Å².